The van der Waals surface area contributed by atoms with Crippen LogP contribution in [0.15, 0.2) is 24.9 Å². The van der Waals surface area contributed by atoms with Crippen LogP contribution in [0.2, 0.25) is 0 Å². The van der Waals surface area contributed by atoms with Crippen LogP contribution in [-0.4, -0.2) is 34.6 Å². The summed E-state index contributed by atoms with van der Waals surface area (Å²) in [6, 6.07) is 1.22. The molecular formula is C12H15N3O4. The lowest BCUT2D eigenvalue weighted by atomic mass is 10.2. The number of pyridine rings is 1. The van der Waals surface area contributed by atoms with Crippen molar-refractivity contribution >= 4 is 17.5 Å². The minimum Gasteiger partial charge on any atom is -0.477 e. The first-order chi connectivity index (χ1) is 8.97. The van der Waals surface area contributed by atoms with Crippen LogP contribution < -0.4 is 4.90 Å². The second-order valence-electron chi connectivity index (χ2n) is 3.97. The lowest BCUT2D eigenvalue weighted by molar-refractivity contribution is -0.385. The summed E-state index contributed by atoms with van der Waals surface area (Å²) < 4.78 is 0. The normalized spacial score (nSPS) is 9.95. The average Bonchev–Trinajstić information content (AvgIpc) is 2.38. The highest BCUT2D eigenvalue weighted by atomic mass is 16.6. The zero-order valence-corrected chi connectivity index (χ0v) is 10.6. The van der Waals surface area contributed by atoms with E-state index in [-0.39, 0.29) is 5.56 Å². The van der Waals surface area contributed by atoms with Crippen molar-refractivity contribution in [1.82, 2.24) is 4.98 Å². The number of nitro groups is 1. The van der Waals surface area contributed by atoms with Crippen LogP contribution in [0.25, 0.3) is 0 Å². The van der Waals surface area contributed by atoms with Gasteiger partial charge in [0, 0.05) is 19.7 Å². The van der Waals surface area contributed by atoms with Crippen molar-refractivity contribution in [3.8, 4) is 0 Å². The Bertz CT molecular complexity index is 502. The van der Waals surface area contributed by atoms with E-state index in [9.17, 15) is 14.9 Å². The van der Waals surface area contributed by atoms with Gasteiger partial charge < -0.3 is 10.0 Å². The molecule has 0 aromatic carbocycles. The Labute approximate surface area is 110 Å². The van der Waals surface area contributed by atoms with Gasteiger partial charge in [-0.1, -0.05) is 6.08 Å². The van der Waals surface area contributed by atoms with E-state index >= 15 is 0 Å². The molecule has 0 saturated carbocycles. The van der Waals surface area contributed by atoms with Gasteiger partial charge in [0.15, 0.2) is 0 Å². The van der Waals surface area contributed by atoms with E-state index < -0.39 is 16.6 Å². The van der Waals surface area contributed by atoms with E-state index in [2.05, 4.69) is 11.6 Å². The Morgan fingerprint density at radius 3 is 2.89 bits per heavy atom. The highest BCUT2D eigenvalue weighted by Crippen LogP contribution is 2.22. The maximum Gasteiger partial charge on any atom is 0.342 e. The molecule has 19 heavy (non-hydrogen) atoms. The topological polar surface area (TPSA) is 96.6 Å². The van der Waals surface area contributed by atoms with Crippen molar-refractivity contribution < 1.29 is 14.8 Å². The zero-order chi connectivity index (χ0) is 14.4. The summed E-state index contributed by atoms with van der Waals surface area (Å²) in [5, 5.41) is 19.7. The Kier molecular flexibility index (Phi) is 4.99. The van der Waals surface area contributed by atoms with Gasteiger partial charge in [0.05, 0.1) is 4.92 Å². The van der Waals surface area contributed by atoms with Crippen molar-refractivity contribution in [1.29, 1.82) is 0 Å². The number of carboxylic acid groups (broad SMARTS) is 1. The molecule has 102 valence electrons. The SMILES string of the molecule is C=CCCCN(C)c1cc(C(=O)O)c([N+](=O)[O-])cn1. The third kappa shape index (κ3) is 3.77. The van der Waals surface area contributed by atoms with Crippen LogP contribution in [0.5, 0.6) is 0 Å². The smallest absolute Gasteiger partial charge is 0.342 e. The Hall–Kier alpha value is -2.44. The number of aromatic carboxylic acids is 1. The second kappa shape index (κ2) is 6.48. The standard InChI is InChI=1S/C12H15N3O4/c1-3-4-5-6-14(2)11-7-9(12(16)17)10(8-13-11)15(18)19/h3,7-8H,1,4-6H2,2H3,(H,16,17). The number of nitrogens with zero attached hydrogens (tertiary/aromatic N) is 3. The van der Waals surface area contributed by atoms with Crippen LogP contribution in [0.3, 0.4) is 0 Å². The van der Waals surface area contributed by atoms with Crippen LogP contribution in [0.4, 0.5) is 11.5 Å². The predicted molar refractivity (Wildman–Crippen MR) is 70.6 cm³/mol. The molecule has 0 aliphatic heterocycles. The molecule has 0 spiro atoms. The van der Waals surface area contributed by atoms with E-state index in [0.29, 0.717) is 12.4 Å². The summed E-state index contributed by atoms with van der Waals surface area (Å²) >= 11 is 0. The molecular weight excluding hydrogens is 250 g/mol. The van der Waals surface area contributed by atoms with E-state index in [1.807, 2.05) is 0 Å². The van der Waals surface area contributed by atoms with Gasteiger partial charge in [0.1, 0.15) is 17.6 Å². The van der Waals surface area contributed by atoms with Crippen molar-refractivity contribution in [2.75, 3.05) is 18.5 Å². The van der Waals surface area contributed by atoms with Crippen molar-refractivity contribution in [3.05, 3.63) is 40.6 Å². The molecule has 0 fully saturated rings. The largest absolute Gasteiger partial charge is 0.477 e. The highest BCUT2D eigenvalue weighted by molar-refractivity contribution is 5.93. The molecule has 0 amide bonds. The van der Waals surface area contributed by atoms with Crippen molar-refractivity contribution in [2.45, 2.75) is 12.8 Å². The first-order valence-corrected chi connectivity index (χ1v) is 5.67. The maximum atomic E-state index is 11.0. The summed E-state index contributed by atoms with van der Waals surface area (Å²) in [6.45, 7) is 4.27. The number of anilines is 1. The molecule has 0 unspecified atom stereocenters. The molecule has 1 aromatic rings. The van der Waals surface area contributed by atoms with Crippen molar-refractivity contribution in [3.63, 3.8) is 0 Å². The Balaban J connectivity index is 2.98. The average molecular weight is 265 g/mol. The second-order valence-corrected chi connectivity index (χ2v) is 3.97. The van der Waals surface area contributed by atoms with E-state index in [4.69, 9.17) is 5.11 Å². The van der Waals surface area contributed by atoms with Gasteiger partial charge in [0.25, 0.3) is 0 Å². The molecule has 1 aromatic heterocycles. The molecule has 0 aliphatic rings. The quantitative estimate of drug-likeness (QED) is 0.351. The van der Waals surface area contributed by atoms with Crippen LogP contribution in [0.1, 0.15) is 23.2 Å². The highest BCUT2D eigenvalue weighted by Gasteiger charge is 2.21. The molecule has 7 nitrogen and oxygen atoms in total. The number of carboxylic acids is 1. The fourth-order valence-corrected chi connectivity index (χ4v) is 1.55. The van der Waals surface area contributed by atoms with Crippen molar-refractivity contribution in [2.24, 2.45) is 0 Å². The Morgan fingerprint density at radius 2 is 2.37 bits per heavy atom. The summed E-state index contributed by atoms with van der Waals surface area (Å²) in [6.07, 6.45) is 4.45. The molecule has 1 N–H and O–H groups in total. The first-order valence-electron chi connectivity index (χ1n) is 5.67. The number of aromatic nitrogens is 1. The number of carbonyl (C=O) groups is 1. The Morgan fingerprint density at radius 1 is 1.68 bits per heavy atom. The third-order valence-corrected chi connectivity index (χ3v) is 2.59. The minimum atomic E-state index is -1.34. The summed E-state index contributed by atoms with van der Waals surface area (Å²) in [5.74, 6) is -0.943. The lowest BCUT2D eigenvalue weighted by Gasteiger charge is -2.17. The molecule has 0 radical (unpaired) electrons. The lowest BCUT2D eigenvalue weighted by Crippen LogP contribution is -2.20. The summed E-state index contributed by atoms with van der Waals surface area (Å²) in [7, 11) is 1.75. The van der Waals surface area contributed by atoms with Crippen LogP contribution in [-0.2, 0) is 0 Å². The molecule has 1 heterocycles. The predicted octanol–water partition coefficient (Wildman–Crippen LogP) is 2.09. The number of hydrogen-bond donors (Lipinski definition) is 1. The number of hydrogen-bond acceptors (Lipinski definition) is 5. The molecule has 0 aliphatic carbocycles. The van der Waals surface area contributed by atoms with Gasteiger partial charge in [0.2, 0.25) is 0 Å². The monoisotopic (exact) mass is 265 g/mol. The van der Waals surface area contributed by atoms with E-state index in [0.717, 1.165) is 19.0 Å². The van der Waals surface area contributed by atoms with Gasteiger partial charge in [-0.25, -0.2) is 9.78 Å². The molecule has 0 bridgehead atoms. The maximum absolute atomic E-state index is 11.0. The van der Waals surface area contributed by atoms with Gasteiger partial charge >= 0.3 is 11.7 Å². The van der Waals surface area contributed by atoms with Gasteiger partial charge in [-0.15, -0.1) is 6.58 Å². The fourth-order valence-electron chi connectivity index (χ4n) is 1.55. The van der Waals surface area contributed by atoms with Crippen LogP contribution >= 0.6 is 0 Å². The van der Waals surface area contributed by atoms with E-state index in [1.54, 1.807) is 18.0 Å². The summed E-state index contributed by atoms with van der Waals surface area (Å²) in [5.41, 5.74) is -0.860. The number of allylic oxidation sites excluding steroid dienone is 1. The molecule has 0 saturated heterocycles. The number of rotatable bonds is 7. The fraction of sp³-hybridized carbons (Fsp3) is 0.333. The van der Waals surface area contributed by atoms with E-state index in [1.165, 1.54) is 6.07 Å². The van der Waals surface area contributed by atoms with Crippen LogP contribution in [0, 0.1) is 10.1 Å². The summed E-state index contributed by atoms with van der Waals surface area (Å²) in [4.78, 5) is 26.6. The molecule has 0 atom stereocenters. The number of unbranched alkanes of at least 4 members (excludes halogenated alkanes) is 1. The molecule has 1 rings (SSSR count). The molecule has 7 heteroatoms. The zero-order valence-electron chi connectivity index (χ0n) is 10.6. The van der Waals surface area contributed by atoms with Gasteiger partial charge in [-0.3, -0.25) is 10.1 Å². The first kappa shape index (κ1) is 14.6. The van der Waals surface area contributed by atoms with Gasteiger partial charge in [-0.2, -0.15) is 0 Å². The minimum absolute atomic E-state index is 0.356. The third-order valence-electron chi connectivity index (χ3n) is 2.59. The van der Waals surface area contributed by atoms with Gasteiger partial charge in [-0.05, 0) is 12.8 Å².